The molecule has 12 atom stereocenters. The molecule has 3 N–H and O–H groups in total. The van der Waals surface area contributed by atoms with E-state index in [1.807, 2.05) is 43.0 Å². The third-order valence-corrected chi connectivity index (χ3v) is 16.1. The number of hydrogen-bond donors (Lipinski definition) is 3. The number of ether oxygens (including phenoxy) is 5. The van der Waals surface area contributed by atoms with Crippen molar-refractivity contribution in [3.63, 3.8) is 0 Å². The first kappa shape index (κ1) is 42.3. The van der Waals surface area contributed by atoms with Crippen molar-refractivity contribution in [2.45, 2.75) is 100 Å². The molecule has 3 unspecified atom stereocenters. The van der Waals surface area contributed by atoms with Crippen LogP contribution in [0.1, 0.15) is 64.1 Å². The largest absolute Gasteiger partial charge is 0.468 e. The van der Waals surface area contributed by atoms with E-state index >= 15 is 4.79 Å². The fraction of sp³-hybridized carbons (Fsp3) is 0.638. The molecule has 3 saturated heterocycles. The predicted octanol–water partition coefficient (Wildman–Crippen LogP) is 3.61. The summed E-state index contributed by atoms with van der Waals surface area (Å²) < 4.78 is 30.2. The van der Waals surface area contributed by atoms with Crippen molar-refractivity contribution < 1.29 is 48.3 Å². The average molecular weight is 843 g/mol. The van der Waals surface area contributed by atoms with E-state index in [9.17, 15) is 19.8 Å². The predicted molar refractivity (Wildman–Crippen MR) is 225 cm³/mol. The summed E-state index contributed by atoms with van der Waals surface area (Å²) in [7, 11) is 5.92. The molecule has 5 aliphatic heterocycles. The van der Waals surface area contributed by atoms with Crippen molar-refractivity contribution in [3.8, 4) is 0 Å². The number of aliphatic hydroxyl groups is 2. The first-order valence-corrected chi connectivity index (χ1v) is 22.0. The van der Waals surface area contributed by atoms with Crippen molar-refractivity contribution in [1.29, 1.82) is 0 Å². The van der Waals surface area contributed by atoms with Gasteiger partial charge in [0.25, 0.3) is 0 Å². The van der Waals surface area contributed by atoms with Crippen LogP contribution in [0.25, 0.3) is 10.9 Å². The van der Waals surface area contributed by atoms with E-state index in [1.54, 1.807) is 14.2 Å². The number of hydrogen-bond acceptors (Lipinski definition) is 13. The fourth-order valence-corrected chi connectivity index (χ4v) is 14.0. The summed E-state index contributed by atoms with van der Waals surface area (Å²) in [5.41, 5.74) is -2.23. The van der Waals surface area contributed by atoms with Crippen molar-refractivity contribution in [1.82, 2.24) is 19.7 Å². The summed E-state index contributed by atoms with van der Waals surface area (Å²) in [5.74, 6) is -2.66. The first-order valence-electron chi connectivity index (χ1n) is 22.0. The molecular formula is C47H62N4O10. The second kappa shape index (κ2) is 15.0. The lowest BCUT2D eigenvalue weighted by molar-refractivity contribution is -0.247. The highest BCUT2D eigenvalue weighted by molar-refractivity contribution is 5.91. The summed E-state index contributed by atoms with van der Waals surface area (Å²) in [4.78, 5) is 53.6. The maximum absolute atomic E-state index is 15.4. The van der Waals surface area contributed by atoms with Gasteiger partial charge in [0.2, 0.25) is 5.60 Å². The van der Waals surface area contributed by atoms with Gasteiger partial charge < -0.3 is 43.8 Å². The van der Waals surface area contributed by atoms with Gasteiger partial charge in [-0.1, -0.05) is 50.3 Å². The Hall–Kier alpha value is -4.05. The molecular weight excluding hydrogens is 781 g/mol. The number of aromatic amines is 1. The number of H-pyrrole nitrogens is 1. The number of para-hydroxylation sites is 1. The van der Waals surface area contributed by atoms with E-state index in [2.05, 4.69) is 39.1 Å². The molecule has 2 bridgehead atoms. The van der Waals surface area contributed by atoms with Gasteiger partial charge in [-0.05, 0) is 74.3 Å². The molecule has 4 fully saturated rings. The third-order valence-electron chi connectivity index (χ3n) is 16.1. The Morgan fingerprint density at radius 2 is 1.72 bits per heavy atom. The number of benzene rings is 1. The number of allylic oxidation sites excluding steroid dienone is 1. The number of rotatable bonds is 9. The van der Waals surface area contributed by atoms with Crippen LogP contribution in [0.3, 0.4) is 0 Å². The molecule has 9 rings (SSSR count). The molecule has 7 aliphatic rings. The van der Waals surface area contributed by atoms with Crippen LogP contribution in [0.2, 0.25) is 0 Å². The van der Waals surface area contributed by atoms with Crippen molar-refractivity contribution in [2.24, 2.45) is 22.7 Å². The Labute approximate surface area is 357 Å². The van der Waals surface area contributed by atoms with Crippen molar-refractivity contribution >= 4 is 28.8 Å². The molecule has 0 radical (unpaired) electrons. The first-order chi connectivity index (χ1) is 29.3. The summed E-state index contributed by atoms with van der Waals surface area (Å²) in [6.45, 7) is 8.59. The topological polar surface area (TPSA) is 163 Å². The Morgan fingerprint density at radius 1 is 0.951 bits per heavy atom. The molecule has 61 heavy (non-hydrogen) atoms. The van der Waals surface area contributed by atoms with E-state index in [-0.39, 0.29) is 18.7 Å². The van der Waals surface area contributed by atoms with Gasteiger partial charge in [-0.25, -0.2) is 4.79 Å². The highest BCUT2D eigenvalue weighted by Gasteiger charge is 2.81. The molecule has 1 aromatic carbocycles. The number of esters is 3. The highest BCUT2D eigenvalue weighted by Crippen LogP contribution is 2.70. The number of carbonyl (C=O) groups excluding carboxylic acids is 3. The van der Waals surface area contributed by atoms with Crippen molar-refractivity contribution in [3.05, 3.63) is 71.1 Å². The van der Waals surface area contributed by atoms with Gasteiger partial charge in [0, 0.05) is 92.4 Å². The number of piperidine rings is 1. The standard InChI is InChI=1S/C47H62N4O10/c1-8-43(55)23-29-24-46(41(53)59-6,37-31(15-19-49(25-29)26-43)30-13-10-11-14-34(30)48-37)33-21-32-35(22-36(33)58-5)51(27-57-4)39-45(32)17-20-50-18-12-16-44(9-2,38(45)50)40(61-28(3)52)47(39,56)42(54)60-7/h10-14,16,21-22,29,33,36,38-40,48,55-56H,8-9,15,17-20,23-27H2,1-7H3/t29-,33?,36?,38-,39+,40+,43-,44+,45+,46-,47-/m0/s1. The second-order valence-electron chi connectivity index (χ2n) is 18.8. The van der Waals surface area contributed by atoms with E-state index in [4.69, 9.17) is 23.7 Å². The summed E-state index contributed by atoms with van der Waals surface area (Å²) in [6, 6.07) is 6.82. The SMILES string of the molecule is CC[C@]1(O)C[C@@H]2CN(CCc3c([nH]c4ccccc34)[C@@](C(=O)OC)(C3C=C4C(=CC3OC)N(COC)[C@H]3[C@@](O)(C(=O)OC)[C@H](OC(C)=O)[C@]5(CC)C=CCN6CC[C@]43[C@@H]65)C2)C1. The van der Waals surface area contributed by atoms with E-state index in [0.29, 0.717) is 71.2 Å². The van der Waals surface area contributed by atoms with Crippen molar-refractivity contribution in [2.75, 3.05) is 67.9 Å². The number of nitrogens with zero attached hydrogens (tertiary/aromatic N) is 3. The lowest BCUT2D eigenvalue weighted by Crippen LogP contribution is -2.80. The summed E-state index contributed by atoms with van der Waals surface area (Å²) in [5, 5.41) is 26.6. The van der Waals surface area contributed by atoms with E-state index in [1.165, 1.54) is 21.1 Å². The maximum atomic E-state index is 15.4. The van der Waals surface area contributed by atoms with Crippen LogP contribution in [-0.4, -0.2) is 151 Å². The van der Waals surface area contributed by atoms with Crippen LogP contribution in [0.5, 0.6) is 0 Å². The number of carbonyl (C=O) groups is 3. The molecule has 6 heterocycles. The Kier molecular flexibility index (Phi) is 10.4. The molecule has 14 nitrogen and oxygen atoms in total. The fourth-order valence-electron chi connectivity index (χ4n) is 14.0. The number of aromatic nitrogens is 1. The van der Waals surface area contributed by atoms with Gasteiger partial charge in [0.15, 0.2) is 6.10 Å². The minimum Gasteiger partial charge on any atom is -0.468 e. The molecule has 1 saturated carbocycles. The van der Waals surface area contributed by atoms with Crippen LogP contribution in [0.4, 0.5) is 0 Å². The Morgan fingerprint density at radius 3 is 2.41 bits per heavy atom. The molecule has 14 heteroatoms. The lowest BCUT2D eigenvalue weighted by Gasteiger charge is -2.63. The van der Waals surface area contributed by atoms with Crippen LogP contribution in [0, 0.1) is 22.7 Å². The molecule has 1 aromatic heterocycles. The summed E-state index contributed by atoms with van der Waals surface area (Å²) >= 11 is 0. The third kappa shape index (κ3) is 5.71. The van der Waals surface area contributed by atoms with Crippen LogP contribution >= 0.6 is 0 Å². The Bertz CT molecular complexity index is 2200. The monoisotopic (exact) mass is 842 g/mol. The van der Waals surface area contributed by atoms with Gasteiger partial charge in [-0.3, -0.25) is 19.4 Å². The zero-order valence-electron chi connectivity index (χ0n) is 36.6. The maximum Gasteiger partial charge on any atom is 0.344 e. The number of fused-ring (bicyclic) bond motifs is 6. The van der Waals surface area contributed by atoms with E-state index in [0.717, 1.165) is 33.4 Å². The molecule has 330 valence electrons. The number of nitrogens with one attached hydrogen (secondary N) is 1. The van der Waals surface area contributed by atoms with Gasteiger partial charge >= 0.3 is 17.9 Å². The smallest absolute Gasteiger partial charge is 0.344 e. The Balaban J connectivity index is 1.35. The van der Waals surface area contributed by atoms with Crippen LogP contribution in [0.15, 0.2) is 59.8 Å². The molecule has 1 spiro atoms. The van der Waals surface area contributed by atoms with Gasteiger partial charge in [-0.15, -0.1) is 0 Å². The zero-order chi connectivity index (χ0) is 43.3. The summed E-state index contributed by atoms with van der Waals surface area (Å²) in [6.07, 6.45) is 9.46. The lowest BCUT2D eigenvalue weighted by atomic mass is 9.47. The average Bonchev–Trinajstić information content (AvgIpc) is 3.93. The number of methoxy groups -OCH3 is 4. The second-order valence-corrected chi connectivity index (χ2v) is 18.8. The number of likely N-dealkylation sites (tertiary alicyclic amines) is 1. The van der Waals surface area contributed by atoms with Gasteiger partial charge in [0.05, 0.1) is 32.0 Å². The minimum absolute atomic E-state index is 0.00765. The molecule has 2 aliphatic carbocycles. The van der Waals surface area contributed by atoms with Gasteiger partial charge in [-0.2, -0.15) is 0 Å². The normalized spacial score (nSPS) is 40.0. The van der Waals surface area contributed by atoms with Gasteiger partial charge in [0.1, 0.15) is 12.1 Å². The minimum atomic E-state index is -2.36. The molecule has 0 amide bonds. The van der Waals surface area contributed by atoms with Crippen LogP contribution in [-0.2, 0) is 49.9 Å². The molecule has 2 aromatic rings. The van der Waals surface area contributed by atoms with E-state index < -0.39 is 69.5 Å². The zero-order valence-corrected chi connectivity index (χ0v) is 36.6. The highest BCUT2D eigenvalue weighted by atomic mass is 16.6. The van der Waals surface area contributed by atoms with Crippen LogP contribution < -0.4 is 0 Å². The quantitative estimate of drug-likeness (QED) is 0.191.